The van der Waals surface area contributed by atoms with Crippen LogP contribution in [0.5, 0.6) is 0 Å². The van der Waals surface area contributed by atoms with Crippen molar-refractivity contribution >= 4 is 32.8 Å². The lowest BCUT2D eigenvalue weighted by Crippen LogP contribution is -2.28. The molecular weight excluding hydrogens is 284 g/mol. The number of halogens is 1. The quantitative estimate of drug-likeness (QED) is 0.848. The first-order chi connectivity index (χ1) is 8.18. The van der Waals surface area contributed by atoms with Crippen molar-refractivity contribution in [3.8, 4) is 0 Å². The van der Waals surface area contributed by atoms with E-state index < -0.39 is 5.97 Å². The van der Waals surface area contributed by atoms with Crippen molar-refractivity contribution in [3.63, 3.8) is 0 Å². The van der Waals surface area contributed by atoms with Crippen LogP contribution in [0.1, 0.15) is 16.1 Å². The maximum absolute atomic E-state index is 11.4. The summed E-state index contributed by atoms with van der Waals surface area (Å²) >= 11 is 3.43. The molecule has 0 fully saturated rings. The highest BCUT2D eigenvalue weighted by Crippen LogP contribution is 2.30. The number of carboxylic acids is 1. The van der Waals surface area contributed by atoms with E-state index >= 15 is 0 Å². The summed E-state index contributed by atoms with van der Waals surface area (Å²) in [5, 5.41) is 13.4. The van der Waals surface area contributed by atoms with Crippen LogP contribution < -0.4 is 5.32 Å². The normalized spacial score (nSPS) is 14.9. The fraction of sp³-hybridized carbons (Fsp3) is 0.250. The molecule has 0 bridgehead atoms. The Bertz CT molecular complexity index is 618. The summed E-state index contributed by atoms with van der Waals surface area (Å²) in [7, 11) is 0. The Labute approximate surface area is 106 Å². The van der Waals surface area contributed by atoms with E-state index in [0.717, 1.165) is 34.2 Å². The number of nitrogens with zero attached hydrogens (tertiary/aromatic N) is 1. The van der Waals surface area contributed by atoms with Crippen molar-refractivity contribution in [1.82, 2.24) is 9.88 Å². The van der Waals surface area contributed by atoms with E-state index in [1.54, 1.807) is 0 Å². The Balaban J connectivity index is 2.41. The summed E-state index contributed by atoms with van der Waals surface area (Å²) in [4.78, 5) is 11.4. The molecule has 17 heavy (non-hydrogen) atoms. The van der Waals surface area contributed by atoms with E-state index in [-0.39, 0.29) is 0 Å². The van der Waals surface area contributed by atoms with E-state index in [1.165, 1.54) is 0 Å². The lowest BCUT2D eigenvalue weighted by molar-refractivity contribution is 0.0697. The van der Waals surface area contributed by atoms with Gasteiger partial charge in [0.25, 0.3) is 0 Å². The minimum atomic E-state index is -0.852. The number of carboxylic acid groups (broad SMARTS) is 1. The predicted octanol–water partition coefficient (Wildman–Crippen LogP) is 2.21. The Morgan fingerprint density at radius 3 is 3.06 bits per heavy atom. The van der Waals surface area contributed by atoms with Crippen LogP contribution in [-0.2, 0) is 13.1 Å². The fourth-order valence-electron chi connectivity index (χ4n) is 2.45. The molecule has 1 aromatic carbocycles. The maximum atomic E-state index is 11.4. The molecule has 3 rings (SSSR count). The van der Waals surface area contributed by atoms with Crippen LogP contribution in [0.4, 0.5) is 0 Å². The third-order valence-electron chi connectivity index (χ3n) is 3.15. The fourth-order valence-corrected chi connectivity index (χ4v) is 2.80. The second-order valence-corrected chi connectivity index (χ2v) is 5.03. The minimum Gasteiger partial charge on any atom is -0.478 e. The summed E-state index contributed by atoms with van der Waals surface area (Å²) in [5.41, 5.74) is 2.30. The predicted molar refractivity (Wildman–Crippen MR) is 68.3 cm³/mol. The van der Waals surface area contributed by atoms with Crippen molar-refractivity contribution in [1.29, 1.82) is 0 Å². The molecule has 0 atom stereocenters. The first-order valence-corrected chi connectivity index (χ1v) is 6.22. The van der Waals surface area contributed by atoms with Gasteiger partial charge in [-0.2, -0.15) is 0 Å². The molecule has 0 unspecified atom stereocenters. The molecule has 1 aromatic heterocycles. The number of aromatic nitrogens is 1. The number of fused-ring (bicyclic) bond motifs is 3. The summed E-state index contributed by atoms with van der Waals surface area (Å²) in [6.45, 7) is 2.31. The van der Waals surface area contributed by atoms with Gasteiger partial charge in [0.05, 0.1) is 11.1 Å². The Hall–Kier alpha value is -1.33. The molecule has 0 aliphatic carbocycles. The number of nitrogens with one attached hydrogen (secondary N) is 1. The van der Waals surface area contributed by atoms with E-state index in [1.807, 2.05) is 18.2 Å². The van der Waals surface area contributed by atoms with Gasteiger partial charge < -0.3 is 15.0 Å². The highest BCUT2D eigenvalue weighted by Gasteiger charge is 2.23. The highest BCUT2D eigenvalue weighted by atomic mass is 79.9. The number of hydrogen-bond donors (Lipinski definition) is 2. The lowest BCUT2D eigenvalue weighted by atomic mass is 10.1. The average Bonchev–Trinajstić information content (AvgIpc) is 2.63. The van der Waals surface area contributed by atoms with E-state index in [0.29, 0.717) is 12.1 Å². The van der Waals surface area contributed by atoms with Crippen molar-refractivity contribution < 1.29 is 9.90 Å². The zero-order valence-corrected chi connectivity index (χ0v) is 10.6. The van der Waals surface area contributed by atoms with Gasteiger partial charge in [-0.05, 0) is 12.1 Å². The summed E-state index contributed by atoms with van der Waals surface area (Å²) in [5.74, 6) is -0.852. The third kappa shape index (κ3) is 1.57. The highest BCUT2D eigenvalue weighted by molar-refractivity contribution is 9.10. The van der Waals surface area contributed by atoms with Gasteiger partial charge in [0.2, 0.25) is 0 Å². The minimum absolute atomic E-state index is 0.430. The van der Waals surface area contributed by atoms with Gasteiger partial charge in [0.1, 0.15) is 0 Å². The zero-order valence-electron chi connectivity index (χ0n) is 9.03. The van der Waals surface area contributed by atoms with Crippen LogP contribution in [0.25, 0.3) is 10.9 Å². The van der Waals surface area contributed by atoms with Crippen LogP contribution in [0.15, 0.2) is 22.7 Å². The molecule has 4 nitrogen and oxygen atoms in total. The first-order valence-electron chi connectivity index (χ1n) is 5.43. The molecule has 2 N–H and O–H groups in total. The molecule has 0 radical (unpaired) electrons. The molecule has 0 spiro atoms. The Morgan fingerprint density at radius 2 is 2.29 bits per heavy atom. The molecule has 1 aliphatic rings. The van der Waals surface area contributed by atoms with Gasteiger partial charge in [0.15, 0.2) is 0 Å². The van der Waals surface area contributed by atoms with E-state index in [4.69, 9.17) is 0 Å². The molecule has 1 aliphatic heterocycles. The van der Waals surface area contributed by atoms with Crippen LogP contribution in [0.2, 0.25) is 0 Å². The van der Waals surface area contributed by atoms with E-state index in [9.17, 15) is 9.90 Å². The van der Waals surface area contributed by atoms with Gasteiger partial charge >= 0.3 is 5.97 Å². The van der Waals surface area contributed by atoms with Crippen LogP contribution in [0.3, 0.4) is 0 Å². The van der Waals surface area contributed by atoms with Crippen molar-refractivity contribution in [2.24, 2.45) is 0 Å². The average molecular weight is 295 g/mol. The summed E-state index contributed by atoms with van der Waals surface area (Å²) in [6, 6.07) is 5.74. The Morgan fingerprint density at radius 1 is 1.47 bits per heavy atom. The number of benzene rings is 1. The van der Waals surface area contributed by atoms with Gasteiger partial charge in [-0.1, -0.05) is 22.0 Å². The van der Waals surface area contributed by atoms with Crippen LogP contribution >= 0.6 is 15.9 Å². The number of aromatic carboxylic acids is 1. The van der Waals surface area contributed by atoms with Crippen molar-refractivity contribution in [2.75, 3.05) is 6.54 Å². The summed E-state index contributed by atoms with van der Waals surface area (Å²) in [6.07, 6.45) is 0. The third-order valence-corrected chi connectivity index (χ3v) is 3.65. The molecule has 0 saturated heterocycles. The second kappa shape index (κ2) is 3.85. The molecular formula is C12H11BrN2O2. The van der Waals surface area contributed by atoms with Crippen molar-refractivity contribution in [3.05, 3.63) is 33.9 Å². The molecule has 88 valence electrons. The van der Waals surface area contributed by atoms with E-state index in [2.05, 4.69) is 25.8 Å². The lowest BCUT2D eigenvalue weighted by Gasteiger charge is -2.17. The molecule has 2 heterocycles. The Kier molecular flexibility index (Phi) is 2.45. The molecule has 0 saturated carbocycles. The SMILES string of the molecule is O=C(O)c1c2n(c3cc(Br)ccc13)CCNC2. The molecule has 0 amide bonds. The molecule has 2 aromatic rings. The molecule has 5 heteroatoms. The second-order valence-electron chi connectivity index (χ2n) is 4.12. The summed E-state index contributed by atoms with van der Waals surface area (Å²) < 4.78 is 3.07. The number of hydrogen-bond acceptors (Lipinski definition) is 2. The van der Waals surface area contributed by atoms with Gasteiger partial charge in [-0.3, -0.25) is 0 Å². The van der Waals surface area contributed by atoms with Crippen LogP contribution in [-0.4, -0.2) is 22.2 Å². The maximum Gasteiger partial charge on any atom is 0.338 e. The standard InChI is InChI=1S/C12H11BrN2O2/c13-7-1-2-8-9(5-7)15-4-3-14-6-10(15)11(8)12(16)17/h1-2,5,14H,3-4,6H2,(H,16,17). The monoisotopic (exact) mass is 294 g/mol. The van der Waals surface area contributed by atoms with Crippen LogP contribution in [0, 0.1) is 0 Å². The smallest absolute Gasteiger partial charge is 0.338 e. The van der Waals surface area contributed by atoms with Gasteiger partial charge in [-0.15, -0.1) is 0 Å². The number of carbonyl (C=O) groups is 1. The topological polar surface area (TPSA) is 54.3 Å². The first kappa shape index (κ1) is 10.8. The van der Waals surface area contributed by atoms with Gasteiger partial charge in [0, 0.05) is 35.2 Å². The zero-order chi connectivity index (χ0) is 12.0. The van der Waals surface area contributed by atoms with Crippen molar-refractivity contribution in [2.45, 2.75) is 13.1 Å². The van der Waals surface area contributed by atoms with Gasteiger partial charge in [-0.25, -0.2) is 4.79 Å². The number of rotatable bonds is 1. The largest absolute Gasteiger partial charge is 0.478 e.